The largest absolute Gasteiger partial charge is 0.392 e. The van der Waals surface area contributed by atoms with Crippen molar-refractivity contribution >= 4 is 0 Å². The van der Waals surface area contributed by atoms with Gasteiger partial charge in [0, 0.05) is 0 Å². The van der Waals surface area contributed by atoms with E-state index in [9.17, 15) is 5.11 Å². The molecule has 1 heteroatoms. The standard InChI is InChI=1S/C15H24O/c1-3-5-7-13-9-10-14(8-6-4-2)15(11-13)12-16/h9-11,16H,3-8,12H2,1-2H3. The second kappa shape index (κ2) is 7.45. The zero-order valence-corrected chi connectivity index (χ0v) is 10.6. The Bertz CT molecular complexity index is 304. The summed E-state index contributed by atoms with van der Waals surface area (Å²) < 4.78 is 0. The Kier molecular flexibility index (Phi) is 6.17. The van der Waals surface area contributed by atoms with Crippen LogP contribution in [-0.4, -0.2) is 5.11 Å². The molecular weight excluding hydrogens is 196 g/mol. The van der Waals surface area contributed by atoms with Gasteiger partial charge in [-0.05, 0) is 42.4 Å². The molecule has 0 aliphatic heterocycles. The third-order valence-electron chi connectivity index (χ3n) is 3.06. The van der Waals surface area contributed by atoms with Gasteiger partial charge in [0.15, 0.2) is 0 Å². The van der Waals surface area contributed by atoms with Crippen LogP contribution in [0.15, 0.2) is 18.2 Å². The fraction of sp³-hybridized carbons (Fsp3) is 0.600. The van der Waals surface area contributed by atoms with E-state index >= 15 is 0 Å². The van der Waals surface area contributed by atoms with Gasteiger partial charge in [-0.3, -0.25) is 0 Å². The fourth-order valence-electron chi connectivity index (χ4n) is 1.97. The van der Waals surface area contributed by atoms with Gasteiger partial charge < -0.3 is 5.11 Å². The summed E-state index contributed by atoms with van der Waals surface area (Å²) in [4.78, 5) is 0. The van der Waals surface area contributed by atoms with E-state index in [1.54, 1.807) is 0 Å². The van der Waals surface area contributed by atoms with Crippen molar-refractivity contribution in [3.8, 4) is 0 Å². The number of rotatable bonds is 7. The number of hydrogen-bond acceptors (Lipinski definition) is 1. The normalized spacial score (nSPS) is 10.7. The third kappa shape index (κ3) is 3.97. The van der Waals surface area contributed by atoms with Crippen LogP contribution >= 0.6 is 0 Å². The predicted molar refractivity (Wildman–Crippen MR) is 69.6 cm³/mol. The SMILES string of the molecule is CCCCc1ccc(CCCC)c(CO)c1. The first-order valence-electron chi connectivity index (χ1n) is 6.53. The molecule has 0 amide bonds. The predicted octanol–water partition coefficient (Wildman–Crippen LogP) is 3.86. The van der Waals surface area contributed by atoms with Crippen molar-refractivity contribution in [3.63, 3.8) is 0 Å². The Morgan fingerprint density at radius 2 is 1.62 bits per heavy atom. The van der Waals surface area contributed by atoms with Crippen molar-refractivity contribution in [2.24, 2.45) is 0 Å². The van der Waals surface area contributed by atoms with Crippen LogP contribution in [0, 0.1) is 0 Å². The molecule has 1 aromatic carbocycles. The van der Waals surface area contributed by atoms with Gasteiger partial charge in [0.1, 0.15) is 0 Å². The first kappa shape index (κ1) is 13.2. The summed E-state index contributed by atoms with van der Waals surface area (Å²) in [7, 11) is 0. The summed E-state index contributed by atoms with van der Waals surface area (Å²) in [5.41, 5.74) is 3.82. The molecule has 0 atom stereocenters. The van der Waals surface area contributed by atoms with Crippen molar-refractivity contribution in [1.82, 2.24) is 0 Å². The lowest BCUT2D eigenvalue weighted by Gasteiger charge is -2.09. The number of aliphatic hydroxyl groups excluding tert-OH is 1. The van der Waals surface area contributed by atoms with Gasteiger partial charge in [-0.15, -0.1) is 0 Å². The van der Waals surface area contributed by atoms with Crippen molar-refractivity contribution in [2.45, 2.75) is 59.0 Å². The molecule has 1 aromatic rings. The molecule has 0 aliphatic carbocycles. The van der Waals surface area contributed by atoms with Crippen LogP contribution in [0.5, 0.6) is 0 Å². The van der Waals surface area contributed by atoms with E-state index in [0.29, 0.717) is 0 Å². The van der Waals surface area contributed by atoms with Crippen LogP contribution in [0.4, 0.5) is 0 Å². The van der Waals surface area contributed by atoms with Crippen LogP contribution in [0.3, 0.4) is 0 Å². The molecule has 0 spiro atoms. The minimum Gasteiger partial charge on any atom is -0.392 e. The summed E-state index contributed by atoms with van der Waals surface area (Å²) in [6, 6.07) is 6.60. The Morgan fingerprint density at radius 3 is 2.25 bits per heavy atom. The molecule has 90 valence electrons. The Morgan fingerprint density at radius 1 is 0.938 bits per heavy atom. The molecule has 0 saturated carbocycles. The van der Waals surface area contributed by atoms with Crippen molar-refractivity contribution in [1.29, 1.82) is 0 Å². The second-order valence-electron chi connectivity index (χ2n) is 4.47. The molecule has 0 aliphatic rings. The summed E-state index contributed by atoms with van der Waals surface area (Å²) >= 11 is 0. The van der Waals surface area contributed by atoms with Crippen molar-refractivity contribution in [3.05, 3.63) is 34.9 Å². The molecule has 0 radical (unpaired) electrons. The van der Waals surface area contributed by atoms with Gasteiger partial charge in [0.25, 0.3) is 0 Å². The highest BCUT2D eigenvalue weighted by molar-refractivity contribution is 5.32. The third-order valence-corrected chi connectivity index (χ3v) is 3.06. The summed E-state index contributed by atoms with van der Waals surface area (Å²) in [5.74, 6) is 0. The minimum atomic E-state index is 0.180. The Hall–Kier alpha value is -0.820. The average molecular weight is 220 g/mol. The monoisotopic (exact) mass is 220 g/mol. The van der Waals surface area contributed by atoms with Gasteiger partial charge in [-0.25, -0.2) is 0 Å². The summed E-state index contributed by atoms with van der Waals surface area (Å²) in [6.07, 6.45) is 7.12. The topological polar surface area (TPSA) is 20.2 Å². The molecule has 0 fully saturated rings. The van der Waals surface area contributed by atoms with E-state index in [1.165, 1.54) is 36.8 Å². The number of aryl methyl sites for hydroxylation is 2. The van der Waals surface area contributed by atoms with Crippen LogP contribution in [0.2, 0.25) is 0 Å². The Balaban J connectivity index is 2.71. The smallest absolute Gasteiger partial charge is 0.0684 e. The van der Waals surface area contributed by atoms with E-state index in [2.05, 4.69) is 32.0 Å². The highest BCUT2D eigenvalue weighted by Crippen LogP contribution is 2.16. The molecule has 1 N–H and O–H groups in total. The lowest BCUT2D eigenvalue weighted by molar-refractivity contribution is 0.280. The van der Waals surface area contributed by atoms with E-state index in [4.69, 9.17) is 0 Å². The average Bonchev–Trinajstić information content (AvgIpc) is 2.34. The fourth-order valence-corrected chi connectivity index (χ4v) is 1.97. The minimum absolute atomic E-state index is 0.180. The van der Waals surface area contributed by atoms with E-state index in [0.717, 1.165) is 18.4 Å². The lowest BCUT2D eigenvalue weighted by Crippen LogP contribution is -1.97. The molecule has 0 unspecified atom stereocenters. The summed E-state index contributed by atoms with van der Waals surface area (Å²) in [5, 5.41) is 9.37. The molecule has 0 saturated heterocycles. The maximum Gasteiger partial charge on any atom is 0.0684 e. The molecule has 1 rings (SSSR count). The first-order chi connectivity index (χ1) is 7.81. The first-order valence-corrected chi connectivity index (χ1v) is 6.53. The number of unbranched alkanes of at least 4 members (excludes halogenated alkanes) is 2. The maximum atomic E-state index is 9.37. The van der Waals surface area contributed by atoms with Gasteiger partial charge in [0.2, 0.25) is 0 Å². The van der Waals surface area contributed by atoms with E-state index in [1.807, 2.05) is 0 Å². The number of aliphatic hydroxyl groups is 1. The van der Waals surface area contributed by atoms with Gasteiger partial charge in [-0.2, -0.15) is 0 Å². The van der Waals surface area contributed by atoms with Gasteiger partial charge in [-0.1, -0.05) is 44.9 Å². The summed E-state index contributed by atoms with van der Waals surface area (Å²) in [6.45, 7) is 4.59. The molecular formula is C15H24O. The molecule has 16 heavy (non-hydrogen) atoms. The quantitative estimate of drug-likeness (QED) is 0.739. The molecule has 1 nitrogen and oxygen atoms in total. The number of hydrogen-bond donors (Lipinski definition) is 1. The van der Waals surface area contributed by atoms with E-state index < -0.39 is 0 Å². The molecule has 0 aromatic heterocycles. The van der Waals surface area contributed by atoms with Crippen molar-refractivity contribution < 1.29 is 5.11 Å². The molecule has 0 heterocycles. The van der Waals surface area contributed by atoms with Crippen LogP contribution < -0.4 is 0 Å². The highest BCUT2D eigenvalue weighted by atomic mass is 16.3. The van der Waals surface area contributed by atoms with E-state index in [-0.39, 0.29) is 6.61 Å². The zero-order valence-electron chi connectivity index (χ0n) is 10.6. The highest BCUT2D eigenvalue weighted by Gasteiger charge is 2.02. The van der Waals surface area contributed by atoms with Crippen LogP contribution in [0.25, 0.3) is 0 Å². The van der Waals surface area contributed by atoms with Crippen LogP contribution in [-0.2, 0) is 19.4 Å². The number of benzene rings is 1. The Labute approximate surface area is 99.5 Å². The second-order valence-corrected chi connectivity index (χ2v) is 4.47. The van der Waals surface area contributed by atoms with Gasteiger partial charge >= 0.3 is 0 Å². The lowest BCUT2D eigenvalue weighted by atomic mass is 9.98. The van der Waals surface area contributed by atoms with Crippen molar-refractivity contribution in [2.75, 3.05) is 0 Å². The molecule has 0 bridgehead atoms. The maximum absolute atomic E-state index is 9.37. The zero-order chi connectivity index (χ0) is 11.8. The van der Waals surface area contributed by atoms with Gasteiger partial charge in [0.05, 0.1) is 6.61 Å². The van der Waals surface area contributed by atoms with Crippen LogP contribution in [0.1, 0.15) is 56.2 Å².